The number of nitrogens with one attached hydrogen (secondary N) is 2. The number of ether oxygens (including phenoxy) is 2. The normalized spacial score (nSPS) is 15.6. The lowest BCUT2D eigenvalue weighted by atomic mass is 10.1. The van der Waals surface area contributed by atoms with Crippen LogP contribution in [0.4, 0.5) is 5.69 Å². The number of hydrogen-bond acceptors (Lipinski definition) is 4. The van der Waals surface area contributed by atoms with Gasteiger partial charge in [-0.2, -0.15) is 0 Å². The van der Waals surface area contributed by atoms with E-state index in [1.807, 2.05) is 18.2 Å². The van der Waals surface area contributed by atoms with E-state index in [0.717, 1.165) is 67.9 Å². The Balaban J connectivity index is 1.48. The summed E-state index contributed by atoms with van der Waals surface area (Å²) in [5.41, 5.74) is 2.68. The van der Waals surface area contributed by atoms with Crippen molar-refractivity contribution in [2.75, 3.05) is 25.1 Å². The minimum Gasteiger partial charge on any atom is -0.381 e. The van der Waals surface area contributed by atoms with Gasteiger partial charge < -0.3 is 19.8 Å². The molecule has 25 heavy (non-hydrogen) atoms. The predicted molar refractivity (Wildman–Crippen MR) is 97.7 cm³/mol. The lowest BCUT2D eigenvalue weighted by molar-refractivity contribution is -0.118. The number of carbonyl (C=O) groups is 1. The van der Waals surface area contributed by atoms with E-state index in [-0.39, 0.29) is 12.0 Å². The number of nitrogens with zero attached hydrogens (tertiary/aromatic N) is 1. The average Bonchev–Trinajstić information content (AvgIpc) is 3.03. The number of hydrogen-bond donors (Lipinski definition) is 2. The van der Waals surface area contributed by atoms with Crippen molar-refractivity contribution in [2.45, 2.75) is 51.6 Å². The van der Waals surface area contributed by atoms with Gasteiger partial charge in [0.25, 0.3) is 0 Å². The lowest BCUT2D eigenvalue weighted by Crippen LogP contribution is -2.25. The second-order valence-corrected chi connectivity index (χ2v) is 6.50. The fourth-order valence-corrected chi connectivity index (χ4v) is 2.99. The van der Waals surface area contributed by atoms with Crippen molar-refractivity contribution in [1.29, 1.82) is 0 Å². The molecule has 1 saturated heterocycles. The van der Waals surface area contributed by atoms with Crippen molar-refractivity contribution >= 4 is 22.6 Å². The average molecular weight is 345 g/mol. The summed E-state index contributed by atoms with van der Waals surface area (Å²) in [6.07, 6.45) is 5.64. The molecule has 0 bridgehead atoms. The van der Waals surface area contributed by atoms with Gasteiger partial charge in [0, 0.05) is 25.3 Å². The number of rotatable bonds is 8. The smallest absolute Gasteiger partial charge is 0.226 e. The summed E-state index contributed by atoms with van der Waals surface area (Å²) in [6, 6.07) is 5.77. The zero-order valence-electron chi connectivity index (χ0n) is 14.8. The molecule has 2 heterocycles. The highest BCUT2D eigenvalue weighted by Gasteiger charge is 2.14. The summed E-state index contributed by atoms with van der Waals surface area (Å²) in [5.74, 6) is 0.974. The molecule has 2 aromatic rings. The van der Waals surface area contributed by atoms with Gasteiger partial charge in [0.05, 0.1) is 30.2 Å². The Labute approximate surface area is 148 Å². The van der Waals surface area contributed by atoms with Crippen LogP contribution in [0, 0.1) is 0 Å². The third-order valence-electron chi connectivity index (χ3n) is 4.43. The number of aromatic amines is 1. The number of aryl methyl sites for hydroxylation is 1. The summed E-state index contributed by atoms with van der Waals surface area (Å²) >= 11 is 0. The quantitative estimate of drug-likeness (QED) is 0.768. The van der Waals surface area contributed by atoms with E-state index in [4.69, 9.17) is 9.47 Å². The van der Waals surface area contributed by atoms with E-state index in [2.05, 4.69) is 22.2 Å². The van der Waals surface area contributed by atoms with E-state index >= 15 is 0 Å². The molecule has 1 aromatic carbocycles. The highest BCUT2D eigenvalue weighted by Crippen LogP contribution is 2.18. The number of anilines is 1. The molecule has 136 valence electrons. The van der Waals surface area contributed by atoms with Gasteiger partial charge in [-0.3, -0.25) is 4.79 Å². The lowest BCUT2D eigenvalue weighted by Gasteiger charge is -2.22. The van der Waals surface area contributed by atoms with Crippen molar-refractivity contribution in [3.63, 3.8) is 0 Å². The topological polar surface area (TPSA) is 76.2 Å². The van der Waals surface area contributed by atoms with E-state index in [0.29, 0.717) is 13.0 Å². The van der Waals surface area contributed by atoms with Crippen LogP contribution in [0.25, 0.3) is 11.0 Å². The summed E-state index contributed by atoms with van der Waals surface area (Å²) in [4.78, 5) is 20.0. The maximum atomic E-state index is 12.1. The van der Waals surface area contributed by atoms with Gasteiger partial charge in [0.2, 0.25) is 5.91 Å². The third kappa shape index (κ3) is 5.28. The minimum absolute atomic E-state index is 0.0304. The molecular weight excluding hydrogens is 318 g/mol. The van der Waals surface area contributed by atoms with Crippen LogP contribution in [0.1, 0.15) is 44.9 Å². The fourth-order valence-electron chi connectivity index (χ4n) is 2.99. The van der Waals surface area contributed by atoms with Crippen molar-refractivity contribution in [1.82, 2.24) is 9.97 Å². The van der Waals surface area contributed by atoms with Crippen LogP contribution in [0.15, 0.2) is 18.2 Å². The molecule has 0 spiro atoms. The first-order valence-electron chi connectivity index (χ1n) is 9.22. The van der Waals surface area contributed by atoms with Gasteiger partial charge in [0.15, 0.2) is 0 Å². The first kappa shape index (κ1) is 17.9. The zero-order chi connectivity index (χ0) is 17.5. The molecule has 3 rings (SSSR count). The highest BCUT2D eigenvalue weighted by molar-refractivity contribution is 5.93. The number of carbonyl (C=O) groups excluding carboxylic acids is 1. The van der Waals surface area contributed by atoms with Gasteiger partial charge in [-0.05, 0) is 37.5 Å². The molecule has 0 unspecified atom stereocenters. The van der Waals surface area contributed by atoms with Crippen molar-refractivity contribution in [3.05, 3.63) is 24.0 Å². The molecule has 1 amide bonds. The zero-order valence-corrected chi connectivity index (χ0v) is 14.8. The van der Waals surface area contributed by atoms with Crippen molar-refractivity contribution in [2.24, 2.45) is 0 Å². The maximum Gasteiger partial charge on any atom is 0.226 e. The highest BCUT2D eigenvalue weighted by atomic mass is 16.5. The minimum atomic E-state index is -0.0304. The van der Waals surface area contributed by atoms with Gasteiger partial charge in [0.1, 0.15) is 5.82 Å². The predicted octanol–water partition coefficient (Wildman–Crippen LogP) is 3.43. The Hall–Kier alpha value is -1.92. The Morgan fingerprint density at radius 2 is 2.24 bits per heavy atom. The van der Waals surface area contributed by atoms with Gasteiger partial charge in [-0.25, -0.2) is 4.98 Å². The second kappa shape index (κ2) is 8.97. The molecule has 0 saturated carbocycles. The van der Waals surface area contributed by atoms with Gasteiger partial charge in [-0.15, -0.1) is 0 Å². The standard InChI is InChI=1S/C19H27N3O3/c1-2-3-4-18-21-16-6-5-14(13-17(16)22-18)20-19(23)9-12-25-15-7-10-24-11-8-15/h5-6,13,15H,2-4,7-12H2,1H3,(H,20,23)(H,21,22). The summed E-state index contributed by atoms with van der Waals surface area (Å²) in [7, 11) is 0. The molecule has 1 aliphatic heterocycles. The van der Waals surface area contributed by atoms with Crippen LogP contribution in [0.2, 0.25) is 0 Å². The number of unbranched alkanes of at least 4 members (excludes halogenated alkanes) is 1. The van der Waals surface area contributed by atoms with Gasteiger partial charge >= 0.3 is 0 Å². The summed E-state index contributed by atoms with van der Waals surface area (Å²) < 4.78 is 11.0. The monoisotopic (exact) mass is 345 g/mol. The number of benzene rings is 1. The van der Waals surface area contributed by atoms with Crippen LogP contribution < -0.4 is 5.32 Å². The van der Waals surface area contributed by atoms with E-state index in [9.17, 15) is 4.79 Å². The largest absolute Gasteiger partial charge is 0.381 e. The number of amides is 1. The third-order valence-corrected chi connectivity index (χ3v) is 4.43. The molecule has 1 aliphatic rings. The summed E-state index contributed by atoms with van der Waals surface area (Å²) in [6.45, 7) is 4.12. The molecular formula is C19H27N3O3. The van der Waals surface area contributed by atoms with Crippen LogP contribution in [0.5, 0.6) is 0 Å². The van der Waals surface area contributed by atoms with Crippen molar-refractivity contribution in [3.8, 4) is 0 Å². The van der Waals surface area contributed by atoms with Crippen LogP contribution in [-0.4, -0.2) is 41.8 Å². The fraction of sp³-hybridized carbons (Fsp3) is 0.579. The maximum absolute atomic E-state index is 12.1. The first-order valence-corrected chi connectivity index (χ1v) is 9.22. The molecule has 1 aromatic heterocycles. The van der Waals surface area contributed by atoms with E-state index in [1.54, 1.807) is 0 Å². The molecule has 6 nitrogen and oxygen atoms in total. The van der Waals surface area contributed by atoms with Crippen LogP contribution in [0.3, 0.4) is 0 Å². The Bertz CT molecular complexity index is 692. The molecule has 0 atom stereocenters. The first-order chi connectivity index (χ1) is 12.2. The summed E-state index contributed by atoms with van der Waals surface area (Å²) in [5, 5.41) is 2.93. The van der Waals surface area contributed by atoms with E-state index < -0.39 is 0 Å². The molecule has 6 heteroatoms. The van der Waals surface area contributed by atoms with Gasteiger partial charge in [-0.1, -0.05) is 13.3 Å². The molecule has 0 radical (unpaired) electrons. The number of imidazole rings is 1. The second-order valence-electron chi connectivity index (χ2n) is 6.50. The number of H-pyrrole nitrogens is 1. The Kier molecular flexibility index (Phi) is 6.42. The van der Waals surface area contributed by atoms with Crippen LogP contribution >= 0.6 is 0 Å². The number of aromatic nitrogens is 2. The molecule has 1 fully saturated rings. The number of fused-ring (bicyclic) bond motifs is 1. The Morgan fingerprint density at radius 3 is 3.04 bits per heavy atom. The van der Waals surface area contributed by atoms with Crippen LogP contribution in [-0.2, 0) is 20.7 Å². The molecule has 2 N–H and O–H groups in total. The SMILES string of the molecule is CCCCc1nc2ccc(NC(=O)CCOC3CCOCC3)cc2[nH]1. The Morgan fingerprint density at radius 1 is 1.40 bits per heavy atom. The molecule has 0 aliphatic carbocycles. The van der Waals surface area contributed by atoms with E-state index in [1.165, 1.54) is 0 Å². The van der Waals surface area contributed by atoms with Crippen molar-refractivity contribution < 1.29 is 14.3 Å².